The monoisotopic (exact) mass is 277 g/mol. The standard InChI is InChI=1S/C16H15N5/c1-2-5-13-12(4-1)7-8-14(13)20-15-6-3-9-18-16(15)21-11-17-10-19-21/h1-6,9-11,14,20H,7-8H2. The molecule has 2 aromatic heterocycles. The lowest BCUT2D eigenvalue weighted by Gasteiger charge is -2.17. The van der Waals surface area contributed by atoms with E-state index in [9.17, 15) is 0 Å². The van der Waals surface area contributed by atoms with Crippen LogP contribution in [0.2, 0.25) is 0 Å². The number of fused-ring (bicyclic) bond motifs is 1. The zero-order valence-electron chi connectivity index (χ0n) is 11.5. The van der Waals surface area contributed by atoms with Gasteiger partial charge in [-0.25, -0.2) is 14.6 Å². The van der Waals surface area contributed by atoms with Gasteiger partial charge in [-0.1, -0.05) is 24.3 Å². The minimum absolute atomic E-state index is 0.327. The SMILES string of the molecule is c1ccc2c(c1)CCC2Nc1cccnc1-n1cncn1. The van der Waals surface area contributed by atoms with Crippen LogP contribution < -0.4 is 5.32 Å². The van der Waals surface area contributed by atoms with Gasteiger partial charge >= 0.3 is 0 Å². The molecule has 0 bridgehead atoms. The van der Waals surface area contributed by atoms with Gasteiger partial charge in [-0.15, -0.1) is 0 Å². The van der Waals surface area contributed by atoms with Crippen LogP contribution in [-0.2, 0) is 6.42 Å². The Morgan fingerprint density at radius 1 is 1.14 bits per heavy atom. The summed E-state index contributed by atoms with van der Waals surface area (Å²) >= 11 is 0. The lowest BCUT2D eigenvalue weighted by Crippen LogP contribution is -2.11. The molecule has 1 N–H and O–H groups in total. The fourth-order valence-corrected chi connectivity index (χ4v) is 2.90. The quantitative estimate of drug-likeness (QED) is 0.799. The summed E-state index contributed by atoms with van der Waals surface area (Å²) in [7, 11) is 0. The minimum atomic E-state index is 0.327. The molecule has 2 heterocycles. The topological polar surface area (TPSA) is 55.6 Å². The van der Waals surface area contributed by atoms with E-state index in [1.165, 1.54) is 17.5 Å². The van der Waals surface area contributed by atoms with Crippen LogP contribution in [0.3, 0.4) is 0 Å². The lowest BCUT2D eigenvalue weighted by molar-refractivity contribution is 0.755. The first-order chi connectivity index (χ1) is 10.4. The Kier molecular flexibility index (Phi) is 2.88. The van der Waals surface area contributed by atoms with Crippen LogP contribution in [0.5, 0.6) is 0 Å². The average Bonchev–Trinajstić information content (AvgIpc) is 3.18. The number of benzene rings is 1. The van der Waals surface area contributed by atoms with Crippen molar-refractivity contribution in [3.8, 4) is 5.82 Å². The highest BCUT2D eigenvalue weighted by Gasteiger charge is 2.22. The fraction of sp³-hybridized carbons (Fsp3) is 0.188. The van der Waals surface area contributed by atoms with Crippen molar-refractivity contribution in [3.63, 3.8) is 0 Å². The first kappa shape index (κ1) is 12.1. The summed E-state index contributed by atoms with van der Waals surface area (Å²) < 4.78 is 1.68. The maximum atomic E-state index is 4.42. The second kappa shape index (κ2) is 5.01. The summed E-state index contributed by atoms with van der Waals surface area (Å²) in [6.07, 6.45) is 7.17. The molecule has 5 heteroatoms. The molecule has 21 heavy (non-hydrogen) atoms. The number of hydrogen-bond donors (Lipinski definition) is 1. The van der Waals surface area contributed by atoms with Crippen molar-refractivity contribution < 1.29 is 0 Å². The molecule has 0 saturated heterocycles. The van der Waals surface area contributed by atoms with E-state index in [2.05, 4.69) is 44.6 Å². The molecule has 1 unspecified atom stereocenters. The van der Waals surface area contributed by atoms with Crippen molar-refractivity contribution in [1.29, 1.82) is 0 Å². The van der Waals surface area contributed by atoms with Crippen molar-refractivity contribution in [3.05, 3.63) is 66.4 Å². The molecule has 3 aromatic rings. The van der Waals surface area contributed by atoms with E-state index in [0.717, 1.165) is 24.3 Å². The number of rotatable bonds is 3. The van der Waals surface area contributed by atoms with Crippen LogP contribution in [0.25, 0.3) is 5.82 Å². The molecule has 0 radical (unpaired) electrons. The molecule has 1 aliphatic carbocycles. The Morgan fingerprint density at radius 3 is 3.00 bits per heavy atom. The lowest BCUT2D eigenvalue weighted by atomic mass is 10.1. The maximum Gasteiger partial charge on any atom is 0.178 e. The third kappa shape index (κ3) is 2.16. The highest BCUT2D eigenvalue weighted by Crippen LogP contribution is 2.34. The van der Waals surface area contributed by atoms with E-state index in [-0.39, 0.29) is 0 Å². The molecule has 1 aliphatic rings. The summed E-state index contributed by atoms with van der Waals surface area (Å²) in [5, 5.41) is 7.77. The predicted octanol–water partition coefficient (Wildman–Crippen LogP) is 2.76. The Morgan fingerprint density at radius 2 is 2.10 bits per heavy atom. The molecule has 4 rings (SSSR count). The van der Waals surface area contributed by atoms with Gasteiger partial charge in [0.2, 0.25) is 0 Å². The van der Waals surface area contributed by atoms with Gasteiger partial charge in [-0.05, 0) is 36.1 Å². The highest BCUT2D eigenvalue weighted by atomic mass is 15.3. The van der Waals surface area contributed by atoms with Gasteiger partial charge in [-0.2, -0.15) is 5.10 Å². The number of anilines is 1. The number of hydrogen-bond acceptors (Lipinski definition) is 4. The van der Waals surface area contributed by atoms with Gasteiger partial charge in [0.1, 0.15) is 12.7 Å². The molecule has 0 fully saturated rings. The second-order valence-electron chi connectivity index (χ2n) is 5.15. The first-order valence-electron chi connectivity index (χ1n) is 7.06. The van der Waals surface area contributed by atoms with Crippen LogP contribution in [0.4, 0.5) is 5.69 Å². The van der Waals surface area contributed by atoms with E-state index < -0.39 is 0 Å². The Bertz CT molecular complexity index is 751. The van der Waals surface area contributed by atoms with E-state index in [1.54, 1.807) is 17.2 Å². The summed E-state index contributed by atoms with van der Waals surface area (Å²) in [6, 6.07) is 12.9. The number of nitrogens with zero attached hydrogens (tertiary/aromatic N) is 4. The van der Waals surface area contributed by atoms with E-state index in [0.29, 0.717) is 6.04 Å². The molecule has 0 spiro atoms. The molecule has 0 saturated carbocycles. The predicted molar refractivity (Wildman–Crippen MR) is 80.3 cm³/mol. The van der Waals surface area contributed by atoms with Crippen LogP contribution in [0.15, 0.2) is 55.2 Å². The molecular weight excluding hydrogens is 262 g/mol. The Balaban J connectivity index is 1.67. The van der Waals surface area contributed by atoms with Crippen molar-refractivity contribution in [2.24, 2.45) is 0 Å². The van der Waals surface area contributed by atoms with Crippen LogP contribution in [0.1, 0.15) is 23.6 Å². The van der Waals surface area contributed by atoms with Crippen LogP contribution in [0, 0.1) is 0 Å². The van der Waals surface area contributed by atoms with Crippen LogP contribution >= 0.6 is 0 Å². The highest BCUT2D eigenvalue weighted by molar-refractivity contribution is 5.58. The van der Waals surface area contributed by atoms with Gasteiger partial charge in [0, 0.05) is 6.20 Å². The molecule has 0 amide bonds. The normalized spacial score (nSPS) is 16.7. The van der Waals surface area contributed by atoms with Crippen molar-refractivity contribution in [2.75, 3.05) is 5.32 Å². The number of pyridine rings is 1. The number of aryl methyl sites for hydroxylation is 1. The zero-order chi connectivity index (χ0) is 14.1. The van der Waals surface area contributed by atoms with Gasteiger partial charge in [0.05, 0.1) is 11.7 Å². The second-order valence-corrected chi connectivity index (χ2v) is 5.15. The van der Waals surface area contributed by atoms with Crippen molar-refractivity contribution in [2.45, 2.75) is 18.9 Å². The summed E-state index contributed by atoms with van der Waals surface area (Å²) in [5.41, 5.74) is 3.79. The fourth-order valence-electron chi connectivity index (χ4n) is 2.90. The molecule has 104 valence electrons. The third-order valence-electron chi connectivity index (χ3n) is 3.89. The third-order valence-corrected chi connectivity index (χ3v) is 3.89. The van der Waals surface area contributed by atoms with Gasteiger partial charge in [-0.3, -0.25) is 0 Å². The number of nitrogens with one attached hydrogen (secondary N) is 1. The van der Waals surface area contributed by atoms with E-state index in [1.807, 2.05) is 12.1 Å². The van der Waals surface area contributed by atoms with Crippen molar-refractivity contribution in [1.82, 2.24) is 19.7 Å². The molecule has 1 atom stereocenters. The molecule has 5 nitrogen and oxygen atoms in total. The van der Waals surface area contributed by atoms with Crippen molar-refractivity contribution >= 4 is 5.69 Å². The Labute approximate surface area is 122 Å². The zero-order valence-corrected chi connectivity index (χ0v) is 11.5. The average molecular weight is 277 g/mol. The summed E-state index contributed by atoms with van der Waals surface area (Å²) in [6.45, 7) is 0. The van der Waals surface area contributed by atoms with E-state index >= 15 is 0 Å². The first-order valence-corrected chi connectivity index (χ1v) is 7.06. The largest absolute Gasteiger partial charge is 0.375 e. The van der Waals surface area contributed by atoms with Gasteiger partial charge < -0.3 is 5.32 Å². The maximum absolute atomic E-state index is 4.42. The molecule has 0 aliphatic heterocycles. The minimum Gasteiger partial charge on any atom is -0.375 e. The summed E-state index contributed by atoms with van der Waals surface area (Å²) in [5.74, 6) is 0.777. The molecular formula is C16H15N5. The van der Waals surface area contributed by atoms with E-state index in [4.69, 9.17) is 0 Å². The smallest absolute Gasteiger partial charge is 0.178 e. The van der Waals surface area contributed by atoms with Gasteiger partial charge in [0.25, 0.3) is 0 Å². The Hall–Kier alpha value is -2.69. The van der Waals surface area contributed by atoms with Crippen LogP contribution in [-0.4, -0.2) is 19.7 Å². The molecule has 1 aromatic carbocycles. The van der Waals surface area contributed by atoms with Gasteiger partial charge in [0.15, 0.2) is 5.82 Å². The summed E-state index contributed by atoms with van der Waals surface area (Å²) in [4.78, 5) is 8.41. The number of aromatic nitrogens is 4.